The van der Waals surface area contributed by atoms with Crippen LogP contribution in [-0.4, -0.2) is 29.1 Å². The zero-order valence-electron chi connectivity index (χ0n) is 14.2. The van der Waals surface area contributed by atoms with Crippen molar-refractivity contribution in [1.82, 2.24) is 9.88 Å². The summed E-state index contributed by atoms with van der Waals surface area (Å²) in [6, 6.07) is 9.91. The van der Waals surface area contributed by atoms with E-state index in [0.717, 1.165) is 38.2 Å². The molecule has 0 saturated carbocycles. The van der Waals surface area contributed by atoms with Gasteiger partial charge in [0.25, 0.3) is 0 Å². The fourth-order valence-corrected chi connectivity index (χ4v) is 2.78. The van der Waals surface area contributed by atoms with E-state index in [1.165, 1.54) is 5.56 Å². The number of aromatic nitrogens is 1. The lowest BCUT2D eigenvalue weighted by Gasteiger charge is -2.23. The predicted octanol–water partition coefficient (Wildman–Crippen LogP) is 5.21. The lowest BCUT2D eigenvalue weighted by atomic mass is 10.2. The third-order valence-corrected chi connectivity index (χ3v) is 4.35. The van der Waals surface area contributed by atoms with Crippen LogP contribution < -0.4 is 0 Å². The standard InChI is InChI=1S/C19H24Cl2N2O/c1-15(2)24-11-3-10-23(13-16-6-8-22-9-7-16)14-17-4-5-18(20)19(21)12-17/h4-9,12,15H,3,10-11,13-14H2,1-2H3. The number of nitrogens with zero attached hydrogens (tertiary/aromatic N) is 2. The molecule has 2 rings (SSSR count). The summed E-state index contributed by atoms with van der Waals surface area (Å²) in [5.41, 5.74) is 2.40. The Morgan fingerprint density at radius 2 is 1.71 bits per heavy atom. The largest absolute Gasteiger partial charge is 0.379 e. The molecule has 1 heterocycles. The summed E-state index contributed by atoms with van der Waals surface area (Å²) in [6.07, 6.45) is 4.92. The van der Waals surface area contributed by atoms with Crippen LogP contribution in [0.2, 0.25) is 10.0 Å². The summed E-state index contributed by atoms with van der Waals surface area (Å²) >= 11 is 12.2. The van der Waals surface area contributed by atoms with Gasteiger partial charge in [0.15, 0.2) is 0 Å². The van der Waals surface area contributed by atoms with Crippen molar-refractivity contribution in [3.8, 4) is 0 Å². The van der Waals surface area contributed by atoms with E-state index in [-0.39, 0.29) is 6.10 Å². The predicted molar refractivity (Wildman–Crippen MR) is 101 cm³/mol. The molecule has 0 radical (unpaired) electrons. The summed E-state index contributed by atoms with van der Waals surface area (Å²) < 4.78 is 5.65. The average molecular weight is 367 g/mol. The summed E-state index contributed by atoms with van der Waals surface area (Å²) in [6.45, 7) is 7.53. The van der Waals surface area contributed by atoms with Crippen LogP contribution in [0.15, 0.2) is 42.7 Å². The Kier molecular flexibility index (Phi) is 8.00. The van der Waals surface area contributed by atoms with Gasteiger partial charge >= 0.3 is 0 Å². The highest BCUT2D eigenvalue weighted by molar-refractivity contribution is 6.42. The normalized spacial score (nSPS) is 11.4. The fourth-order valence-electron chi connectivity index (χ4n) is 2.46. The molecule has 5 heteroatoms. The van der Waals surface area contributed by atoms with Gasteiger partial charge in [0, 0.05) is 38.6 Å². The van der Waals surface area contributed by atoms with E-state index >= 15 is 0 Å². The molecule has 0 bridgehead atoms. The third kappa shape index (κ3) is 6.78. The highest BCUT2D eigenvalue weighted by Gasteiger charge is 2.09. The van der Waals surface area contributed by atoms with Crippen molar-refractivity contribution < 1.29 is 4.74 Å². The van der Waals surface area contributed by atoms with Gasteiger partial charge < -0.3 is 4.74 Å². The van der Waals surface area contributed by atoms with Crippen molar-refractivity contribution >= 4 is 23.2 Å². The minimum atomic E-state index is 0.272. The van der Waals surface area contributed by atoms with Gasteiger partial charge in [0.2, 0.25) is 0 Å². The van der Waals surface area contributed by atoms with Crippen molar-refractivity contribution in [3.63, 3.8) is 0 Å². The minimum absolute atomic E-state index is 0.272. The van der Waals surface area contributed by atoms with Crippen LogP contribution in [0.5, 0.6) is 0 Å². The molecule has 0 saturated heterocycles. The third-order valence-electron chi connectivity index (χ3n) is 3.62. The van der Waals surface area contributed by atoms with E-state index in [0.29, 0.717) is 10.0 Å². The number of benzene rings is 1. The first-order valence-electron chi connectivity index (χ1n) is 8.21. The van der Waals surface area contributed by atoms with Gasteiger partial charge in [0.1, 0.15) is 0 Å². The minimum Gasteiger partial charge on any atom is -0.379 e. The number of hydrogen-bond acceptors (Lipinski definition) is 3. The first kappa shape index (κ1) is 19.2. The number of rotatable bonds is 9. The van der Waals surface area contributed by atoms with E-state index in [9.17, 15) is 0 Å². The van der Waals surface area contributed by atoms with Gasteiger partial charge in [-0.25, -0.2) is 0 Å². The Hall–Kier alpha value is -1.13. The second-order valence-electron chi connectivity index (χ2n) is 6.09. The van der Waals surface area contributed by atoms with Crippen LogP contribution in [0.3, 0.4) is 0 Å². The molecule has 1 aromatic heterocycles. The van der Waals surface area contributed by atoms with Crippen LogP contribution in [0.25, 0.3) is 0 Å². The summed E-state index contributed by atoms with van der Waals surface area (Å²) in [4.78, 5) is 6.47. The summed E-state index contributed by atoms with van der Waals surface area (Å²) in [5.74, 6) is 0. The van der Waals surface area contributed by atoms with Gasteiger partial charge in [0.05, 0.1) is 16.1 Å². The van der Waals surface area contributed by atoms with Crippen LogP contribution >= 0.6 is 23.2 Å². The fraction of sp³-hybridized carbons (Fsp3) is 0.421. The van der Waals surface area contributed by atoms with Gasteiger partial charge in [-0.3, -0.25) is 9.88 Å². The van der Waals surface area contributed by atoms with Gasteiger partial charge in [-0.15, -0.1) is 0 Å². The van der Waals surface area contributed by atoms with E-state index in [1.54, 1.807) is 0 Å². The van der Waals surface area contributed by atoms with Crippen molar-refractivity contribution in [2.45, 2.75) is 39.5 Å². The lowest BCUT2D eigenvalue weighted by molar-refractivity contribution is 0.0693. The molecule has 0 aliphatic heterocycles. The molecule has 1 aromatic carbocycles. The maximum absolute atomic E-state index is 6.14. The molecule has 0 aliphatic rings. The van der Waals surface area contributed by atoms with Gasteiger partial charge in [-0.2, -0.15) is 0 Å². The quantitative estimate of drug-likeness (QED) is 0.569. The summed E-state index contributed by atoms with van der Waals surface area (Å²) in [5, 5.41) is 1.19. The van der Waals surface area contributed by atoms with Crippen LogP contribution in [0.1, 0.15) is 31.4 Å². The number of pyridine rings is 1. The highest BCUT2D eigenvalue weighted by atomic mass is 35.5. The lowest BCUT2D eigenvalue weighted by Crippen LogP contribution is -2.25. The molecule has 130 valence electrons. The highest BCUT2D eigenvalue weighted by Crippen LogP contribution is 2.23. The van der Waals surface area contributed by atoms with Crippen molar-refractivity contribution in [2.24, 2.45) is 0 Å². The molecule has 0 unspecified atom stereocenters. The average Bonchev–Trinajstić information content (AvgIpc) is 2.55. The maximum atomic E-state index is 6.14. The monoisotopic (exact) mass is 366 g/mol. The SMILES string of the molecule is CC(C)OCCCN(Cc1ccncc1)Cc1ccc(Cl)c(Cl)c1. The molecule has 0 atom stereocenters. The van der Waals surface area contributed by atoms with E-state index < -0.39 is 0 Å². The smallest absolute Gasteiger partial charge is 0.0595 e. The Labute approximate surface area is 154 Å². The molecule has 24 heavy (non-hydrogen) atoms. The van der Waals surface area contributed by atoms with E-state index in [1.807, 2.05) is 42.7 Å². The zero-order valence-corrected chi connectivity index (χ0v) is 15.7. The second kappa shape index (κ2) is 10.00. The van der Waals surface area contributed by atoms with E-state index in [4.69, 9.17) is 27.9 Å². The van der Waals surface area contributed by atoms with Crippen molar-refractivity contribution in [3.05, 3.63) is 63.9 Å². The van der Waals surface area contributed by atoms with E-state index in [2.05, 4.69) is 23.7 Å². The molecule has 0 aliphatic carbocycles. The Bertz CT molecular complexity index is 620. The molecular weight excluding hydrogens is 343 g/mol. The number of ether oxygens (including phenoxy) is 1. The Morgan fingerprint density at radius 3 is 2.38 bits per heavy atom. The first-order chi connectivity index (χ1) is 11.5. The second-order valence-corrected chi connectivity index (χ2v) is 6.90. The van der Waals surface area contributed by atoms with Crippen molar-refractivity contribution in [2.75, 3.05) is 13.2 Å². The molecule has 0 N–H and O–H groups in total. The molecule has 2 aromatic rings. The molecule has 0 fully saturated rings. The Morgan fingerprint density at radius 1 is 1.00 bits per heavy atom. The number of hydrogen-bond donors (Lipinski definition) is 0. The zero-order chi connectivity index (χ0) is 17.4. The van der Waals surface area contributed by atoms with Gasteiger partial charge in [-0.05, 0) is 55.7 Å². The maximum Gasteiger partial charge on any atom is 0.0595 e. The van der Waals surface area contributed by atoms with Crippen LogP contribution in [0.4, 0.5) is 0 Å². The molecule has 3 nitrogen and oxygen atoms in total. The molecule has 0 amide bonds. The van der Waals surface area contributed by atoms with Crippen LogP contribution in [-0.2, 0) is 17.8 Å². The van der Waals surface area contributed by atoms with Crippen molar-refractivity contribution in [1.29, 1.82) is 0 Å². The summed E-state index contributed by atoms with van der Waals surface area (Å²) in [7, 11) is 0. The number of halogens is 2. The first-order valence-corrected chi connectivity index (χ1v) is 8.97. The van der Waals surface area contributed by atoms with Gasteiger partial charge in [-0.1, -0.05) is 29.3 Å². The topological polar surface area (TPSA) is 25.4 Å². The van der Waals surface area contributed by atoms with Crippen LogP contribution in [0, 0.1) is 0 Å². The Balaban J connectivity index is 1.99. The molecule has 0 spiro atoms. The molecular formula is C19H24Cl2N2O.